The molecule has 2 aliphatic heterocycles. The van der Waals surface area contributed by atoms with Crippen LogP contribution >= 0.6 is 12.2 Å². The van der Waals surface area contributed by atoms with Gasteiger partial charge in [-0.3, -0.25) is 0 Å². The number of unbranched alkanes of at least 4 members (excludes halogenated alkanes) is 2. The second-order valence-electron chi connectivity index (χ2n) is 11.9. The molecule has 1 aliphatic carbocycles. The Morgan fingerprint density at radius 1 is 0.652 bits per heavy atom. The van der Waals surface area contributed by atoms with E-state index in [1.807, 2.05) is 42.5 Å². The smallest absolute Gasteiger partial charge is 0.164 e. The highest BCUT2D eigenvalue weighted by Crippen LogP contribution is 2.41. The highest BCUT2D eigenvalue weighted by molar-refractivity contribution is 7.81. The van der Waals surface area contributed by atoms with Gasteiger partial charge in [-0.25, -0.2) is 20.0 Å². The Morgan fingerprint density at radius 3 is 2.07 bits per heavy atom. The van der Waals surface area contributed by atoms with Crippen molar-refractivity contribution in [3.05, 3.63) is 118 Å². The van der Waals surface area contributed by atoms with Crippen LogP contribution in [0.25, 0.3) is 21.5 Å². The number of rotatable bonds is 4. The van der Waals surface area contributed by atoms with Crippen LogP contribution in [0.5, 0.6) is 0 Å². The number of nitrogens with zero attached hydrogens (tertiary/aromatic N) is 4. The zero-order chi connectivity index (χ0) is 30.8. The van der Waals surface area contributed by atoms with E-state index in [0.717, 1.165) is 90.9 Å². The van der Waals surface area contributed by atoms with Gasteiger partial charge in [0.15, 0.2) is 11.7 Å². The number of nitrogens with one attached hydrogen (secondary N) is 4. The number of amidine groups is 2. The van der Waals surface area contributed by atoms with E-state index in [1.54, 1.807) is 0 Å². The first-order valence-corrected chi connectivity index (χ1v) is 16.2. The SMILES string of the molecule is CCCCCC1=CCc2c3[nH]c(c2C1=S)N=C1N=C(N=c2[nH]/c(c4ccccc24)=N\c2[nH]c(c4ccccc24)N3)c2ccccc21. The second kappa shape index (κ2) is 10.6. The molecule has 0 amide bonds. The normalized spacial score (nSPS) is 15.7. The molecule has 0 fully saturated rings. The summed E-state index contributed by atoms with van der Waals surface area (Å²) in [5.41, 5.74) is 6.60. The van der Waals surface area contributed by atoms with E-state index in [0.29, 0.717) is 23.0 Å². The maximum atomic E-state index is 6.19. The Labute approximate surface area is 269 Å². The zero-order valence-electron chi connectivity index (χ0n) is 25.2. The number of aliphatic imine (C=N–C) groups is 2. The van der Waals surface area contributed by atoms with Gasteiger partial charge in [0.2, 0.25) is 0 Å². The number of aromatic nitrogens is 3. The van der Waals surface area contributed by atoms with E-state index >= 15 is 0 Å². The number of H-pyrrole nitrogens is 3. The molecule has 224 valence electrons. The minimum Gasteiger partial charge on any atom is -0.327 e. The predicted octanol–water partition coefficient (Wildman–Crippen LogP) is 7.92. The second-order valence-corrected chi connectivity index (χ2v) is 12.4. The molecule has 4 N–H and O–H groups in total. The summed E-state index contributed by atoms with van der Waals surface area (Å²) in [6.07, 6.45) is 7.50. The lowest BCUT2D eigenvalue weighted by Gasteiger charge is -2.17. The van der Waals surface area contributed by atoms with Gasteiger partial charge < -0.3 is 20.3 Å². The van der Waals surface area contributed by atoms with Crippen molar-refractivity contribution in [1.82, 2.24) is 15.0 Å². The van der Waals surface area contributed by atoms with Crippen molar-refractivity contribution >= 4 is 73.6 Å². The Bertz CT molecular complexity index is 2470. The van der Waals surface area contributed by atoms with Crippen LogP contribution in [0.4, 0.5) is 23.3 Å². The zero-order valence-corrected chi connectivity index (χ0v) is 26.1. The number of anilines is 2. The molecule has 0 atom stereocenters. The van der Waals surface area contributed by atoms with E-state index in [4.69, 9.17) is 32.2 Å². The van der Waals surface area contributed by atoms with E-state index in [1.165, 1.54) is 18.4 Å². The summed E-state index contributed by atoms with van der Waals surface area (Å²) in [5, 5.41) is 7.70. The first-order valence-electron chi connectivity index (χ1n) is 15.8. The third-order valence-electron chi connectivity index (χ3n) is 9.10. The molecule has 46 heavy (non-hydrogen) atoms. The van der Waals surface area contributed by atoms with Crippen molar-refractivity contribution in [3.8, 4) is 0 Å². The van der Waals surface area contributed by atoms with Crippen molar-refractivity contribution in [2.75, 3.05) is 5.32 Å². The molecule has 8 bridgehead atoms. The highest BCUT2D eigenvalue weighted by Gasteiger charge is 2.28. The summed E-state index contributed by atoms with van der Waals surface area (Å²) in [6, 6.07) is 24.6. The molecule has 5 heterocycles. The number of benzene rings is 3. The van der Waals surface area contributed by atoms with Gasteiger partial charge in [-0.15, -0.1) is 0 Å². The van der Waals surface area contributed by atoms with E-state index < -0.39 is 0 Å². The molecule has 0 radical (unpaired) electrons. The van der Waals surface area contributed by atoms with Gasteiger partial charge in [0.25, 0.3) is 0 Å². The topological polar surface area (TPSA) is 109 Å². The van der Waals surface area contributed by atoms with Crippen molar-refractivity contribution < 1.29 is 0 Å². The number of fused-ring (bicyclic) bond motifs is 19. The van der Waals surface area contributed by atoms with Crippen LogP contribution in [0.15, 0.2) is 104 Å². The number of aromatic amines is 3. The molecule has 3 aromatic heterocycles. The molecule has 0 saturated heterocycles. The number of hydrogen-bond donors (Lipinski definition) is 4. The van der Waals surface area contributed by atoms with Crippen LogP contribution < -0.4 is 16.3 Å². The summed E-state index contributed by atoms with van der Waals surface area (Å²) in [5.74, 6) is 4.38. The standard InChI is InChI=1S/C37H30N8S/c1-2-3-4-11-20-18-19-27-28(29(20)46)37-44-35-26-17-10-9-16-25(26)33(42-35)40-31-22-13-6-5-12-21(22)30(38-31)39-32-23-14-7-8-15-24(23)34(41-32)43-36(27)45-37/h5-10,12-18,41,43,45H,2-4,11,19H2,1H3,(H,38,39,40,42,44). The molecule has 3 aliphatic rings. The van der Waals surface area contributed by atoms with E-state index in [9.17, 15) is 0 Å². The molecule has 8 nitrogen and oxygen atoms in total. The van der Waals surface area contributed by atoms with Crippen LogP contribution in [0, 0.1) is 0 Å². The van der Waals surface area contributed by atoms with Gasteiger partial charge in [0.05, 0.1) is 4.86 Å². The number of hydrogen-bond acceptors (Lipinski definition) is 6. The average Bonchev–Trinajstić information content (AvgIpc) is 3.81. The Hall–Kier alpha value is -5.41. The molecule has 3 aromatic carbocycles. The van der Waals surface area contributed by atoms with Crippen molar-refractivity contribution in [2.24, 2.45) is 20.0 Å². The van der Waals surface area contributed by atoms with Crippen molar-refractivity contribution in [1.29, 1.82) is 0 Å². The van der Waals surface area contributed by atoms with E-state index in [2.05, 4.69) is 63.6 Å². The molecule has 0 saturated carbocycles. The largest absolute Gasteiger partial charge is 0.327 e. The van der Waals surface area contributed by atoms with Crippen LogP contribution in [-0.4, -0.2) is 31.5 Å². The summed E-state index contributed by atoms with van der Waals surface area (Å²) >= 11 is 6.19. The summed E-state index contributed by atoms with van der Waals surface area (Å²) < 4.78 is 0. The summed E-state index contributed by atoms with van der Waals surface area (Å²) in [6.45, 7) is 2.23. The van der Waals surface area contributed by atoms with Crippen molar-refractivity contribution in [2.45, 2.75) is 39.0 Å². The minimum atomic E-state index is 0.606. The lowest BCUT2D eigenvalue weighted by molar-refractivity contribution is 0.721. The third-order valence-corrected chi connectivity index (χ3v) is 9.57. The van der Waals surface area contributed by atoms with Gasteiger partial charge >= 0.3 is 0 Å². The van der Waals surface area contributed by atoms with Gasteiger partial charge in [-0.1, -0.05) is 111 Å². The quantitative estimate of drug-likeness (QED) is 0.119. The van der Waals surface area contributed by atoms with Crippen LogP contribution in [0.2, 0.25) is 0 Å². The number of allylic oxidation sites excluding steroid dienone is 2. The first-order chi connectivity index (χ1) is 22.7. The fraction of sp³-hybridized carbons (Fsp3) is 0.162. The monoisotopic (exact) mass is 618 g/mol. The van der Waals surface area contributed by atoms with Crippen LogP contribution in [0.3, 0.4) is 0 Å². The lowest BCUT2D eigenvalue weighted by Crippen LogP contribution is -2.13. The fourth-order valence-electron chi connectivity index (χ4n) is 6.80. The Morgan fingerprint density at radius 2 is 1.30 bits per heavy atom. The Balaban J connectivity index is 1.33. The van der Waals surface area contributed by atoms with Gasteiger partial charge in [-0.2, -0.15) is 0 Å². The van der Waals surface area contributed by atoms with Crippen LogP contribution in [0.1, 0.15) is 54.9 Å². The summed E-state index contributed by atoms with van der Waals surface area (Å²) in [4.78, 5) is 32.0. The van der Waals surface area contributed by atoms with Gasteiger partial charge in [0, 0.05) is 43.8 Å². The molecule has 0 spiro atoms. The predicted molar refractivity (Wildman–Crippen MR) is 189 cm³/mol. The molecule has 9 rings (SSSR count). The maximum Gasteiger partial charge on any atom is 0.164 e. The summed E-state index contributed by atoms with van der Waals surface area (Å²) in [7, 11) is 0. The third kappa shape index (κ3) is 4.23. The molecular weight excluding hydrogens is 589 g/mol. The molecule has 6 aromatic rings. The first kappa shape index (κ1) is 26.9. The van der Waals surface area contributed by atoms with Gasteiger partial charge in [-0.05, 0) is 24.8 Å². The average molecular weight is 619 g/mol. The fourth-order valence-corrected chi connectivity index (χ4v) is 7.21. The maximum absolute atomic E-state index is 6.19. The Kier molecular flexibility index (Phi) is 6.21. The minimum absolute atomic E-state index is 0.606. The molecule has 0 unspecified atom stereocenters. The lowest BCUT2D eigenvalue weighted by atomic mass is 9.90. The highest BCUT2D eigenvalue weighted by atomic mass is 32.1. The molecule has 9 heteroatoms. The molecular formula is C37H30N8S. The van der Waals surface area contributed by atoms with Gasteiger partial charge in [0.1, 0.15) is 34.2 Å². The number of thiocarbonyl (C=S) groups is 1. The van der Waals surface area contributed by atoms with Crippen LogP contribution in [-0.2, 0) is 6.42 Å². The van der Waals surface area contributed by atoms with E-state index in [-0.39, 0.29) is 0 Å². The van der Waals surface area contributed by atoms with Crippen molar-refractivity contribution in [3.63, 3.8) is 0 Å².